The van der Waals surface area contributed by atoms with Gasteiger partial charge >= 0.3 is 5.97 Å². The molecule has 1 fully saturated rings. The van der Waals surface area contributed by atoms with Crippen molar-refractivity contribution in [3.8, 4) is 0 Å². The van der Waals surface area contributed by atoms with E-state index in [4.69, 9.17) is 5.11 Å². The van der Waals surface area contributed by atoms with Crippen LogP contribution >= 0.6 is 0 Å². The predicted molar refractivity (Wildman–Crippen MR) is 63.5 cm³/mol. The number of benzene rings is 1. The second kappa shape index (κ2) is 5.34. The molecule has 0 saturated heterocycles. The van der Waals surface area contributed by atoms with Gasteiger partial charge in [-0.15, -0.1) is 0 Å². The average Bonchev–Trinajstić information content (AvgIpc) is 2.82. The highest BCUT2D eigenvalue weighted by Gasteiger charge is 2.34. The molecule has 1 aromatic rings. The van der Waals surface area contributed by atoms with Crippen LogP contribution in [0.3, 0.4) is 0 Å². The van der Waals surface area contributed by atoms with Gasteiger partial charge in [0.2, 0.25) is 5.91 Å². The maximum absolute atomic E-state index is 13.4. The van der Waals surface area contributed by atoms with Crippen molar-refractivity contribution >= 4 is 17.6 Å². The molecule has 1 aromatic carbocycles. The van der Waals surface area contributed by atoms with Crippen molar-refractivity contribution in [2.75, 3.05) is 5.32 Å². The molecule has 0 spiro atoms. The number of carboxylic acids is 1. The number of amides is 1. The molecule has 102 valence electrons. The summed E-state index contributed by atoms with van der Waals surface area (Å²) in [6.07, 6.45) is 1.16. The van der Waals surface area contributed by atoms with Gasteiger partial charge in [-0.2, -0.15) is 0 Å². The summed E-state index contributed by atoms with van der Waals surface area (Å²) < 4.78 is 26.1. The van der Waals surface area contributed by atoms with E-state index < -0.39 is 35.3 Å². The van der Waals surface area contributed by atoms with Gasteiger partial charge in [0, 0.05) is 12.0 Å². The third-order valence-corrected chi connectivity index (χ3v) is 3.34. The first-order valence-corrected chi connectivity index (χ1v) is 5.96. The summed E-state index contributed by atoms with van der Waals surface area (Å²) in [5.74, 6) is -3.86. The lowest BCUT2D eigenvalue weighted by Crippen LogP contribution is -2.22. The van der Waals surface area contributed by atoms with Gasteiger partial charge in [-0.1, -0.05) is 0 Å². The Labute approximate surface area is 108 Å². The summed E-state index contributed by atoms with van der Waals surface area (Å²) in [7, 11) is 0. The molecule has 0 aromatic heterocycles. The fraction of sp³-hybridized carbons (Fsp3) is 0.385. The lowest BCUT2D eigenvalue weighted by atomic mass is 10.0. The van der Waals surface area contributed by atoms with Gasteiger partial charge in [-0.05, 0) is 31.4 Å². The van der Waals surface area contributed by atoms with Gasteiger partial charge in [0.25, 0.3) is 0 Å². The van der Waals surface area contributed by atoms with E-state index in [1.54, 1.807) is 0 Å². The van der Waals surface area contributed by atoms with Crippen molar-refractivity contribution in [1.82, 2.24) is 0 Å². The Hall–Kier alpha value is -1.98. The molecule has 1 amide bonds. The Balaban J connectivity index is 2.00. The molecule has 0 aliphatic heterocycles. The van der Waals surface area contributed by atoms with Crippen molar-refractivity contribution in [2.45, 2.75) is 19.3 Å². The summed E-state index contributed by atoms with van der Waals surface area (Å²) in [4.78, 5) is 22.6. The van der Waals surface area contributed by atoms with E-state index in [1.165, 1.54) is 0 Å². The highest BCUT2D eigenvalue weighted by molar-refractivity contribution is 5.93. The Morgan fingerprint density at radius 2 is 1.89 bits per heavy atom. The number of hydrogen-bond donors (Lipinski definition) is 2. The Morgan fingerprint density at radius 1 is 1.21 bits per heavy atom. The molecule has 0 radical (unpaired) electrons. The highest BCUT2D eigenvalue weighted by Crippen LogP contribution is 2.32. The van der Waals surface area contributed by atoms with Gasteiger partial charge in [-0.25, -0.2) is 8.78 Å². The van der Waals surface area contributed by atoms with Crippen LogP contribution in [0.4, 0.5) is 14.5 Å². The zero-order valence-corrected chi connectivity index (χ0v) is 10.0. The molecular formula is C13H13F2NO3. The maximum atomic E-state index is 13.4. The summed E-state index contributed by atoms with van der Waals surface area (Å²) in [5.41, 5.74) is -0.0924. The van der Waals surface area contributed by atoms with Crippen molar-refractivity contribution in [3.05, 3.63) is 29.8 Å². The molecule has 4 nitrogen and oxygen atoms in total. The van der Waals surface area contributed by atoms with E-state index in [9.17, 15) is 18.4 Å². The van der Waals surface area contributed by atoms with Crippen molar-refractivity contribution in [3.63, 3.8) is 0 Å². The molecule has 6 heteroatoms. The smallest absolute Gasteiger partial charge is 0.306 e. The van der Waals surface area contributed by atoms with Gasteiger partial charge in [0.15, 0.2) is 0 Å². The summed E-state index contributed by atoms with van der Waals surface area (Å²) in [5, 5.41) is 11.2. The fourth-order valence-corrected chi connectivity index (χ4v) is 2.27. The molecule has 1 aliphatic rings. The largest absolute Gasteiger partial charge is 0.481 e. The summed E-state index contributed by atoms with van der Waals surface area (Å²) >= 11 is 0. The van der Waals surface area contributed by atoms with Crippen molar-refractivity contribution in [2.24, 2.45) is 11.8 Å². The molecule has 19 heavy (non-hydrogen) atoms. The van der Waals surface area contributed by atoms with Gasteiger partial charge in [-0.3, -0.25) is 9.59 Å². The van der Waals surface area contributed by atoms with Crippen LogP contribution in [-0.4, -0.2) is 17.0 Å². The van der Waals surface area contributed by atoms with E-state index in [0.29, 0.717) is 18.9 Å². The first-order valence-electron chi connectivity index (χ1n) is 5.96. The second-order valence-corrected chi connectivity index (χ2v) is 4.66. The molecule has 2 N–H and O–H groups in total. The Kier molecular flexibility index (Phi) is 3.78. The molecule has 0 bridgehead atoms. The number of nitrogens with one attached hydrogen (secondary N) is 1. The number of hydrogen-bond acceptors (Lipinski definition) is 2. The minimum atomic E-state index is -0.914. The van der Waals surface area contributed by atoms with E-state index in [1.807, 2.05) is 0 Å². The number of halogens is 2. The van der Waals surface area contributed by atoms with Crippen LogP contribution in [0.15, 0.2) is 18.2 Å². The van der Waals surface area contributed by atoms with E-state index in [0.717, 1.165) is 12.1 Å². The topological polar surface area (TPSA) is 66.4 Å². The normalized spacial score (nSPS) is 22.2. The lowest BCUT2D eigenvalue weighted by molar-refractivity contribution is -0.141. The van der Waals surface area contributed by atoms with Crippen molar-refractivity contribution in [1.29, 1.82) is 0 Å². The summed E-state index contributed by atoms with van der Waals surface area (Å²) in [6.45, 7) is 0. The third kappa shape index (κ3) is 3.07. The van der Waals surface area contributed by atoms with Crippen molar-refractivity contribution < 1.29 is 23.5 Å². The van der Waals surface area contributed by atoms with Crippen LogP contribution in [0.25, 0.3) is 0 Å². The zero-order valence-electron chi connectivity index (χ0n) is 10.0. The first kappa shape index (κ1) is 13.5. The van der Waals surface area contributed by atoms with Gasteiger partial charge in [0.05, 0.1) is 11.6 Å². The molecular weight excluding hydrogens is 256 g/mol. The van der Waals surface area contributed by atoms with Gasteiger partial charge < -0.3 is 10.4 Å². The lowest BCUT2D eigenvalue weighted by Gasteiger charge is -2.11. The van der Waals surface area contributed by atoms with Gasteiger partial charge in [0.1, 0.15) is 11.6 Å². The quantitative estimate of drug-likeness (QED) is 0.885. The number of carboxylic acid groups (broad SMARTS) is 1. The molecule has 2 atom stereocenters. The van der Waals surface area contributed by atoms with Crippen LogP contribution in [-0.2, 0) is 9.59 Å². The zero-order chi connectivity index (χ0) is 14.0. The molecule has 1 saturated carbocycles. The van der Waals surface area contributed by atoms with Crippen LogP contribution in [0.1, 0.15) is 19.3 Å². The number of carbonyl (C=O) groups excluding carboxylic acids is 1. The molecule has 2 unspecified atom stereocenters. The van der Waals surface area contributed by atoms with Crippen LogP contribution in [0, 0.1) is 23.5 Å². The SMILES string of the molecule is O=C(O)C1CCC(C(=O)Nc2ccc(F)cc2F)C1. The molecule has 2 rings (SSSR count). The Morgan fingerprint density at radius 3 is 2.47 bits per heavy atom. The number of rotatable bonds is 3. The standard InChI is InChI=1S/C13H13F2NO3/c14-9-3-4-11(10(15)6-9)16-12(17)7-1-2-8(5-7)13(18)19/h3-4,6-8H,1-2,5H2,(H,16,17)(H,18,19). The van der Waals surface area contributed by atoms with Crippen LogP contribution in [0.5, 0.6) is 0 Å². The van der Waals surface area contributed by atoms with E-state index in [-0.39, 0.29) is 12.1 Å². The minimum Gasteiger partial charge on any atom is -0.481 e. The monoisotopic (exact) mass is 269 g/mol. The van der Waals surface area contributed by atoms with Crippen LogP contribution < -0.4 is 5.32 Å². The van der Waals surface area contributed by atoms with E-state index in [2.05, 4.69) is 5.32 Å². The number of aliphatic carboxylic acids is 1. The first-order chi connectivity index (χ1) is 8.97. The minimum absolute atomic E-state index is 0.0924. The second-order valence-electron chi connectivity index (χ2n) is 4.66. The van der Waals surface area contributed by atoms with Crippen LogP contribution in [0.2, 0.25) is 0 Å². The fourth-order valence-electron chi connectivity index (χ4n) is 2.27. The molecule has 1 aliphatic carbocycles. The Bertz CT molecular complexity index is 519. The molecule has 0 heterocycles. The maximum Gasteiger partial charge on any atom is 0.306 e. The average molecular weight is 269 g/mol. The predicted octanol–water partition coefficient (Wildman–Crippen LogP) is 2.40. The number of anilines is 1. The summed E-state index contributed by atoms with van der Waals surface area (Å²) in [6, 6.07) is 2.88. The van der Waals surface area contributed by atoms with E-state index >= 15 is 0 Å². The highest BCUT2D eigenvalue weighted by atomic mass is 19.1. The third-order valence-electron chi connectivity index (χ3n) is 3.34. The number of carbonyl (C=O) groups is 2.